The Balaban J connectivity index is 1.30. The molecule has 3 aromatic rings. The van der Waals surface area contributed by atoms with E-state index in [9.17, 15) is 24.3 Å². The van der Waals surface area contributed by atoms with Gasteiger partial charge in [0.1, 0.15) is 25.1 Å². The van der Waals surface area contributed by atoms with Crippen LogP contribution in [0, 0.1) is 20.8 Å². The highest BCUT2D eigenvalue weighted by Gasteiger charge is 2.37. The maximum atomic E-state index is 13.0. The van der Waals surface area contributed by atoms with Crippen LogP contribution in [0.15, 0.2) is 66.9 Å². The highest BCUT2D eigenvalue weighted by Crippen LogP contribution is 2.23. The van der Waals surface area contributed by atoms with Gasteiger partial charge in [0.2, 0.25) is 5.91 Å². The first-order valence-electron chi connectivity index (χ1n) is 14.7. The monoisotopic (exact) mass is 617 g/mol. The van der Waals surface area contributed by atoms with Gasteiger partial charge in [0.15, 0.2) is 0 Å². The summed E-state index contributed by atoms with van der Waals surface area (Å²) in [7, 11) is 0. The fourth-order valence-electron chi connectivity index (χ4n) is 5.33. The fourth-order valence-corrected chi connectivity index (χ4v) is 5.33. The quantitative estimate of drug-likeness (QED) is 0.226. The van der Waals surface area contributed by atoms with E-state index >= 15 is 0 Å². The maximum absolute atomic E-state index is 13.0. The van der Waals surface area contributed by atoms with E-state index in [-0.39, 0.29) is 32.3 Å². The molecular formula is C33H39N5O7. The molecule has 2 aromatic carbocycles. The van der Waals surface area contributed by atoms with Crippen molar-refractivity contribution < 1.29 is 33.8 Å². The van der Waals surface area contributed by atoms with E-state index in [1.54, 1.807) is 31.0 Å². The molecule has 0 saturated carbocycles. The molecule has 3 amide bonds. The second-order valence-corrected chi connectivity index (χ2v) is 11.1. The molecule has 1 aliphatic heterocycles. The summed E-state index contributed by atoms with van der Waals surface area (Å²) in [5.74, 6) is -1.70. The van der Waals surface area contributed by atoms with E-state index in [1.807, 2.05) is 61.5 Å². The highest BCUT2D eigenvalue weighted by atomic mass is 16.6. The Hall–Kier alpha value is -4.97. The van der Waals surface area contributed by atoms with Crippen LogP contribution in [0.5, 0.6) is 0 Å². The standard InChI is InChI=1S/C33H39N5O7/c1-21-13-22(2)30(23(3)14-21)31(40)37-27(32(41)42)17-36-29(39)20-44-26-15-25(16-35-28-11-7-8-12-34-28)38(18-26)33(43)45-19-24-9-5-4-6-10-24/h4-14,25-27H,15-20H2,1-3H3,(H,34,35)(H,36,39)(H,37,40)(H,41,42). The number of carboxylic acids is 1. The van der Waals surface area contributed by atoms with E-state index in [4.69, 9.17) is 9.47 Å². The predicted octanol–water partition coefficient (Wildman–Crippen LogP) is 3.21. The molecule has 0 aliphatic carbocycles. The number of nitrogens with one attached hydrogen (secondary N) is 3. The summed E-state index contributed by atoms with van der Waals surface area (Å²) in [5.41, 5.74) is 3.72. The number of nitrogens with zero attached hydrogens (tertiary/aromatic N) is 2. The number of pyridine rings is 1. The Morgan fingerprint density at radius 2 is 1.73 bits per heavy atom. The van der Waals surface area contributed by atoms with Gasteiger partial charge in [-0.1, -0.05) is 54.1 Å². The molecule has 12 heteroatoms. The molecule has 0 radical (unpaired) electrons. The SMILES string of the molecule is Cc1cc(C)c(C(=O)NC(CNC(=O)COC2CC(CNc3ccccn3)N(C(=O)OCc3ccccc3)C2)C(=O)O)c(C)c1. The number of anilines is 1. The second-order valence-electron chi connectivity index (χ2n) is 11.1. The molecule has 0 spiro atoms. The Morgan fingerprint density at radius 3 is 2.40 bits per heavy atom. The number of carbonyl (C=O) groups excluding carboxylic acids is 3. The molecule has 1 aromatic heterocycles. The molecule has 1 fully saturated rings. The van der Waals surface area contributed by atoms with Gasteiger partial charge in [0, 0.05) is 24.8 Å². The molecule has 45 heavy (non-hydrogen) atoms. The predicted molar refractivity (Wildman–Crippen MR) is 167 cm³/mol. The van der Waals surface area contributed by atoms with E-state index in [2.05, 4.69) is 20.9 Å². The van der Waals surface area contributed by atoms with E-state index < -0.39 is 36.0 Å². The van der Waals surface area contributed by atoms with Crippen LogP contribution in [0.4, 0.5) is 10.6 Å². The van der Waals surface area contributed by atoms with Crippen LogP contribution in [0.1, 0.15) is 39.0 Å². The van der Waals surface area contributed by atoms with E-state index in [0.717, 1.165) is 22.3 Å². The average Bonchev–Trinajstić information content (AvgIpc) is 3.43. The number of rotatable bonds is 13. The van der Waals surface area contributed by atoms with E-state index in [1.165, 1.54) is 0 Å². The molecular weight excluding hydrogens is 578 g/mol. The molecule has 12 nitrogen and oxygen atoms in total. The number of ether oxygens (including phenoxy) is 2. The molecule has 0 bridgehead atoms. The number of aromatic nitrogens is 1. The van der Waals surface area contributed by atoms with Crippen molar-refractivity contribution in [2.75, 3.05) is 31.6 Å². The van der Waals surface area contributed by atoms with Gasteiger partial charge in [0.25, 0.3) is 5.91 Å². The summed E-state index contributed by atoms with van der Waals surface area (Å²) in [4.78, 5) is 56.3. The topological polar surface area (TPSA) is 159 Å². The number of benzene rings is 2. The molecule has 4 N–H and O–H groups in total. The normalized spacial score (nSPS) is 16.5. The van der Waals surface area contributed by atoms with Crippen molar-refractivity contribution in [2.45, 2.75) is 52.0 Å². The van der Waals surface area contributed by atoms with Crippen molar-refractivity contribution in [1.82, 2.24) is 20.5 Å². The largest absolute Gasteiger partial charge is 0.480 e. The third kappa shape index (κ3) is 9.51. The number of hydrogen-bond acceptors (Lipinski definition) is 8. The lowest BCUT2D eigenvalue weighted by Gasteiger charge is -2.24. The molecule has 3 unspecified atom stereocenters. The lowest BCUT2D eigenvalue weighted by atomic mass is 9.99. The van der Waals surface area contributed by atoms with Crippen LogP contribution in [0.25, 0.3) is 0 Å². The number of likely N-dealkylation sites (tertiary alicyclic amines) is 1. The number of amides is 3. The first-order valence-corrected chi connectivity index (χ1v) is 14.7. The number of hydrogen-bond donors (Lipinski definition) is 4. The Morgan fingerprint density at radius 1 is 1.02 bits per heavy atom. The van der Waals surface area contributed by atoms with Crippen LogP contribution in [0.3, 0.4) is 0 Å². The minimum Gasteiger partial charge on any atom is -0.480 e. The molecule has 238 valence electrons. The Kier molecular flexibility index (Phi) is 11.5. The zero-order chi connectivity index (χ0) is 32.3. The fraction of sp³-hybridized carbons (Fsp3) is 0.364. The molecule has 1 saturated heterocycles. The summed E-state index contributed by atoms with van der Waals surface area (Å²) in [5, 5.41) is 17.9. The van der Waals surface area contributed by atoms with Crippen molar-refractivity contribution in [3.05, 3.63) is 94.7 Å². The van der Waals surface area contributed by atoms with Gasteiger partial charge in [-0.05, 0) is 56.0 Å². The zero-order valence-corrected chi connectivity index (χ0v) is 25.6. The van der Waals surface area contributed by atoms with Gasteiger partial charge < -0.3 is 35.4 Å². The number of aliphatic carboxylic acids is 1. The molecule has 4 rings (SSSR count). The smallest absolute Gasteiger partial charge is 0.410 e. The van der Waals surface area contributed by atoms with Gasteiger partial charge in [-0.15, -0.1) is 0 Å². The minimum atomic E-state index is -1.34. The number of carbonyl (C=O) groups is 4. The minimum absolute atomic E-state index is 0.120. The highest BCUT2D eigenvalue weighted by molar-refractivity contribution is 5.99. The van der Waals surface area contributed by atoms with Crippen LogP contribution in [-0.4, -0.2) is 83.3 Å². The summed E-state index contributed by atoms with van der Waals surface area (Å²) in [6.45, 7) is 5.53. The van der Waals surface area contributed by atoms with Crippen LogP contribution in [0.2, 0.25) is 0 Å². The molecule has 2 heterocycles. The summed E-state index contributed by atoms with van der Waals surface area (Å²) < 4.78 is 11.4. The Bertz CT molecular complexity index is 1460. The van der Waals surface area contributed by atoms with Crippen molar-refractivity contribution in [1.29, 1.82) is 0 Å². The van der Waals surface area contributed by atoms with E-state index in [0.29, 0.717) is 24.3 Å². The first kappa shape index (κ1) is 32.9. The lowest BCUT2D eigenvalue weighted by molar-refractivity contribution is -0.139. The van der Waals surface area contributed by atoms with Gasteiger partial charge in [0.05, 0.1) is 18.7 Å². The third-order valence-electron chi connectivity index (χ3n) is 7.46. The van der Waals surface area contributed by atoms with Crippen LogP contribution >= 0.6 is 0 Å². The average molecular weight is 618 g/mol. The summed E-state index contributed by atoms with van der Waals surface area (Å²) in [6.07, 6.45) is 1.15. The van der Waals surface area contributed by atoms with Gasteiger partial charge >= 0.3 is 12.1 Å². The zero-order valence-electron chi connectivity index (χ0n) is 25.6. The molecule has 1 aliphatic rings. The maximum Gasteiger partial charge on any atom is 0.410 e. The van der Waals surface area contributed by atoms with Gasteiger partial charge in [-0.25, -0.2) is 14.6 Å². The van der Waals surface area contributed by atoms with Crippen molar-refractivity contribution in [2.24, 2.45) is 0 Å². The van der Waals surface area contributed by atoms with Crippen LogP contribution in [-0.2, 0) is 25.7 Å². The first-order chi connectivity index (χ1) is 21.6. The lowest BCUT2D eigenvalue weighted by Crippen LogP contribution is -2.49. The number of carboxylic acid groups (broad SMARTS) is 1. The molecule has 3 atom stereocenters. The summed E-state index contributed by atoms with van der Waals surface area (Å²) >= 11 is 0. The van der Waals surface area contributed by atoms with Crippen molar-refractivity contribution >= 4 is 29.7 Å². The van der Waals surface area contributed by atoms with Crippen LogP contribution < -0.4 is 16.0 Å². The van der Waals surface area contributed by atoms with Crippen molar-refractivity contribution in [3.8, 4) is 0 Å². The summed E-state index contributed by atoms with van der Waals surface area (Å²) in [6, 6.07) is 16.9. The Labute approximate surface area is 262 Å². The second kappa shape index (κ2) is 15.7. The van der Waals surface area contributed by atoms with Gasteiger partial charge in [-0.3, -0.25) is 9.59 Å². The number of aryl methyl sites for hydroxylation is 3. The third-order valence-corrected chi connectivity index (χ3v) is 7.46. The van der Waals surface area contributed by atoms with Gasteiger partial charge in [-0.2, -0.15) is 0 Å². The van der Waals surface area contributed by atoms with Crippen molar-refractivity contribution in [3.63, 3.8) is 0 Å².